The summed E-state index contributed by atoms with van der Waals surface area (Å²) in [5.41, 5.74) is 0. The van der Waals surface area contributed by atoms with E-state index in [1.54, 1.807) is 0 Å². The first kappa shape index (κ1) is 9.92. The third-order valence-electron chi connectivity index (χ3n) is 2.05. The number of hydrogen-bond donors (Lipinski definition) is 1. The Kier molecular flexibility index (Phi) is 4.53. The van der Waals surface area contributed by atoms with E-state index in [2.05, 4.69) is 4.90 Å². The van der Waals surface area contributed by atoms with E-state index in [4.69, 9.17) is 9.84 Å². The monoisotopic (exact) mass is 174 g/mol. The van der Waals surface area contributed by atoms with Crippen LogP contribution in [-0.2, 0) is 9.84 Å². The standard InChI is InChI=1S/C8H16NO3/c10-4-1-2-9-3-5-12-8(6-9)7-11/h8,11H,1-7H2/t8-/m1/s1. The Morgan fingerprint density at radius 1 is 1.58 bits per heavy atom. The van der Waals surface area contributed by atoms with Gasteiger partial charge in [-0.2, -0.15) is 0 Å². The molecule has 0 aliphatic carbocycles. The summed E-state index contributed by atoms with van der Waals surface area (Å²) in [5.74, 6) is 0. The molecule has 12 heavy (non-hydrogen) atoms. The summed E-state index contributed by atoms with van der Waals surface area (Å²) in [6.07, 6.45) is 0.642. The third kappa shape index (κ3) is 3.06. The van der Waals surface area contributed by atoms with Gasteiger partial charge in [-0.15, -0.1) is 0 Å². The van der Waals surface area contributed by atoms with Crippen molar-refractivity contribution in [1.82, 2.24) is 4.90 Å². The van der Waals surface area contributed by atoms with Gasteiger partial charge in [0, 0.05) is 19.6 Å². The van der Waals surface area contributed by atoms with E-state index in [-0.39, 0.29) is 19.3 Å². The molecule has 0 spiro atoms. The molecule has 1 rings (SSSR count). The first-order chi connectivity index (χ1) is 5.86. The Labute approximate surface area is 72.7 Å². The van der Waals surface area contributed by atoms with Crippen molar-refractivity contribution in [3.05, 3.63) is 0 Å². The van der Waals surface area contributed by atoms with Gasteiger partial charge in [0.15, 0.2) is 0 Å². The maximum atomic E-state index is 10.2. The Hall–Kier alpha value is -0.160. The molecule has 1 aliphatic heterocycles. The summed E-state index contributed by atoms with van der Waals surface area (Å²) >= 11 is 0. The van der Waals surface area contributed by atoms with Crippen LogP contribution in [0.15, 0.2) is 0 Å². The van der Waals surface area contributed by atoms with Gasteiger partial charge in [-0.3, -0.25) is 4.90 Å². The first-order valence-corrected chi connectivity index (χ1v) is 4.39. The van der Waals surface area contributed by atoms with Crippen molar-refractivity contribution in [2.45, 2.75) is 12.5 Å². The number of aliphatic hydroxyl groups is 1. The molecule has 4 heteroatoms. The quantitative estimate of drug-likeness (QED) is 0.625. The number of hydrogen-bond acceptors (Lipinski definition) is 3. The number of ether oxygens (including phenoxy) is 1. The van der Waals surface area contributed by atoms with Gasteiger partial charge in [0.25, 0.3) is 0 Å². The molecule has 0 bridgehead atoms. The molecule has 0 amide bonds. The highest BCUT2D eigenvalue weighted by Crippen LogP contribution is 2.04. The van der Waals surface area contributed by atoms with Crippen molar-refractivity contribution in [3.63, 3.8) is 0 Å². The first-order valence-electron chi connectivity index (χ1n) is 4.39. The largest absolute Gasteiger partial charge is 0.394 e. The Morgan fingerprint density at radius 3 is 3.08 bits per heavy atom. The highest BCUT2D eigenvalue weighted by atomic mass is 16.5. The Balaban J connectivity index is 2.16. The zero-order valence-electron chi connectivity index (χ0n) is 7.24. The third-order valence-corrected chi connectivity index (χ3v) is 2.05. The zero-order valence-corrected chi connectivity index (χ0v) is 7.24. The van der Waals surface area contributed by atoms with Crippen LogP contribution < -0.4 is 0 Å². The molecule has 0 unspecified atom stereocenters. The topological polar surface area (TPSA) is 52.6 Å². The number of aliphatic hydroxyl groups excluding tert-OH is 1. The molecular formula is C8H16NO3. The predicted octanol–water partition coefficient (Wildman–Crippen LogP) is -0.500. The van der Waals surface area contributed by atoms with Crippen LogP contribution in [0.25, 0.3) is 0 Å². The Morgan fingerprint density at radius 2 is 2.42 bits per heavy atom. The summed E-state index contributed by atoms with van der Waals surface area (Å²) in [6, 6.07) is 0. The maximum Gasteiger partial charge on any atom is 0.0932 e. The molecule has 1 N–H and O–H groups in total. The molecule has 0 aromatic rings. The van der Waals surface area contributed by atoms with Crippen molar-refractivity contribution >= 4 is 0 Å². The van der Waals surface area contributed by atoms with Gasteiger partial charge in [0.05, 0.1) is 25.9 Å². The van der Waals surface area contributed by atoms with Gasteiger partial charge >= 0.3 is 0 Å². The van der Waals surface area contributed by atoms with E-state index in [9.17, 15) is 5.11 Å². The second-order valence-electron chi connectivity index (χ2n) is 3.03. The minimum absolute atomic E-state index is 0.0127. The van der Waals surface area contributed by atoms with E-state index < -0.39 is 0 Å². The zero-order chi connectivity index (χ0) is 8.81. The summed E-state index contributed by atoms with van der Waals surface area (Å²) in [5, 5.41) is 19.0. The fraction of sp³-hybridized carbons (Fsp3) is 1.00. The van der Waals surface area contributed by atoms with Crippen LogP contribution in [-0.4, -0.2) is 55.6 Å². The van der Waals surface area contributed by atoms with E-state index >= 15 is 0 Å². The van der Waals surface area contributed by atoms with E-state index in [1.165, 1.54) is 0 Å². The van der Waals surface area contributed by atoms with Gasteiger partial charge < -0.3 is 9.84 Å². The predicted molar refractivity (Wildman–Crippen MR) is 43.4 cm³/mol. The molecule has 4 nitrogen and oxygen atoms in total. The summed E-state index contributed by atoms with van der Waals surface area (Å²) in [4.78, 5) is 2.17. The molecule has 1 fully saturated rings. The van der Waals surface area contributed by atoms with Crippen LogP contribution in [0.5, 0.6) is 0 Å². The van der Waals surface area contributed by atoms with Gasteiger partial charge in [0.1, 0.15) is 0 Å². The molecule has 0 aromatic carbocycles. The van der Waals surface area contributed by atoms with Gasteiger partial charge in [-0.1, -0.05) is 0 Å². The minimum atomic E-state index is -0.0506. The molecule has 1 saturated heterocycles. The fourth-order valence-electron chi connectivity index (χ4n) is 1.38. The van der Waals surface area contributed by atoms with Crippen LogP contribution in [0.1, 0.15) is 6.42 Å². The lowest BCUT2D eigenvalue weighted by atomic mass is 10.2. The van der Waals surface area contributed by atoms with Crippen molar-refractivity contribution in [2.75, 3.05) is 39.5 Å². The number of rotatable bonds is 4. The number of nitrogens with zero attached hydrogens (tertiary/aromatic N) is 1. The smallest absolute Gasteiger partial charge is 0.0932 e. The van der Waals surface area contributed by atoms with Crippen molar-refractivity contribution < 1.29 is 14.9 Å². The van der Waals surface area contributed by atoms with Crippen LogP contribution in [0.2, 0.25) is 0 Å². The van der Waals surface area contributed by atoms with Crippen LogP contribution in [0.3, 0.4) is 0 Å². The summed E-state index contributed by atoms with van der Waals surface area (Å²) < 4.78 is 5.27. The Bertz CT molecular complexity index is 121. The van der Waals surface area contributed by atoms with Crippen molar-refractivity contribution in [1.29, 1.82) is 0 Å². The van der Waals surface area contributed by atoms with Gasteiger partial charge in [-0.25, -0.2) is 5.11 Å². The minimum Gasteiger partial charge on any atom is -0.394 e. The fourth-order valence-corrected chi connectivity index (χ4v) is 1.38. The molecule has 71 valence electrons. The van der Waals surface area contributed by atoms with Crippen LogP contribution in [0, 0.1) is 0 Å². The molecule has 0 aromatic heterocycles. The van der Waals surface area contributed by atoms with Crippen LogP contribution in [0.4, 0.5) is 0 Å². The average molecular weight is 174 g/mol. The highest BCUT2D eigenvalue weighted by Gasteiger charge is 2.18. The van der Waals surface area contributed by atoms with Crippen LogP contribution >= 0.6 is 0 Å². The molecular weight excluding hydrogens is 158 g/mol. The second kappa shape index (κ2) is 5.48. The van der Waals surface area contributed by atoms with Gasteiger partial charge in [0.2, 0.25) is 0 Å². The molecule has 1 heterocycles. The molecule has 1 atom stereocenters. The highest BCUT2D eigenvalue weighted by molar-refractivity contribution is 4.70. The molecule has 1 radical (unpaired) electrons. The maximum absolute atomic E-state index is 10.2. The second-order valence-corrected chi connectivity index (χ2v) is 3.03. The summed E-state index contributed by atoms with van der Waals surface area (Å²) in [7, 11) is 0. The lowest BCUT2D eigenvalue weighted by molar-refractivity contribution is -0.0540. The van der Waals surface area contributed by atoms with E-state index in [0.29, 0.717) is 13.0 Å². The van der Waals surface area contributed by atoms with Gasteiger partial charge in [-0.05, 0) is 6.42 Å². The SMILES string of the molecule is [O]CCCN1CCO[C@@H](CO)C1. The molecule has 0 saturated carbocycles. The van der Waals surface area contributed by atoms with E-state index in [1.807, 2.05) is 0 Å². The molecule has 1 aliphatic rings. The van der Waals surface area contributed by atoms with E-state index in [0.717, 1.165) is 19.6 Å². The van der Waals surface area contributed by atoms with Crippen molar-refractivity contribution in [2.24, 2.45) is 0 Å². The average Bonchev–Trinajstić information content (AvgIpc) is 2.15. The lowest BCUT2D eigenvalue weighted by Crippen LogP contribution is -2.44. The lowest BCUT2D eigenvalue weighted by Gasteiger charge is -2.31. The normalized spacial score (nSPS) is 26.0. The number of morpholine rings is 1. The van der Waals surface area contributed by atoms with Crippen molar-refractivity contribution in [3.8, 4) is 0 Å². The summed E-state index contributed by atoms with van der Waals surface area (Å²) in [6.45, 7) is 3.22.